The third kappa shape index (κ3) is 3.95. The van der Waals surface area contributed by atoms with Crippen LogP contribution in [-0.4, -0.2) is 72.7 Å². The molecule has 1 aliphatic heterocycles. The van der Waals surface area contributed by atoms with Gasteiger partial charge >= 0.3 is 0 Å². The smallest absolute Gasteiger partial charge is 0.227 e. The van der Waals surface area contributed by atoms with E-state index in [0.717, 1.165) is 12.8 Å². The summed E-state index contributed by atoms with van der Waals surface area (Å²) < 4.78 is 4.86. The molecule has 0 aromatic carbocycles. The van der Waals surface area contributed by atoms with Crippen molar-refractivity contribution >= 4 is 11.8 Å². The summed E-state index contributed by atoms with van der Waals surface area (Å²) in [6.07, 6.45) is 4.10. The second kappa shape index (κ2) is 7.22. The summed E-state index contributed by atoms with van der Waals surface area (Å²) in [5, 5.41) is 9.69. The number of nitrogens with zero attached hydrogens (tertiary/aromatic N) is 2. The van der Waals surface area contributed by atoms with Crippen molar-refractivity contribution in [2.75, 3.05) is 33.9 Å². The van der Waals surface area contributed by atoms with Gasteiger partial charge in [-0.2, -0.15) is 0 Å². The van der Waals surface area contributed by atoms with Gasteiger partial charge in [-0.05, 0) is 12.8 Å². The lowest BCUT2D eigenvalue weighted by Crippen LogP contribution is -2.41. The van der Waals surface area contributed by atoms with Gasteiger partial charge in [-0.1, -0.05) is 12.8 Å². The molecule has 1 saturated heterocycles. The molecule has 0 aromatic heterocycles. The standard InChI is InChI=1S/C15H26N2O4/c1-16(9-13(18)10-21-2)15(20)11-7-14(19)17(8-11)12-5-3-4-6-12/h11-13,18H,3-10H2,1-2H3. The van der Waals surface area contributed by atoms with Crippen LogP contribution in [-0.2, 0) is 14.3 Å². The van der Waals surface area contributed by atoms with E-state index in [1.54, 1.807) is 7.05 Å². The number of hydrogen-bond donors (Lipinski definition) is 1. The Morgan fingerprint density at radius 1 is 1.48 bits per heavy atom. The summed E-state index contributed by atoms with van der Waals surface area (Å²) >= 11 is 0. The Morgan fingerprint density at radius 2 is 2.14 bits per heavy atom. The number of methoxy groups -OCH3 is 1. The minimum atomic E-state index is -0.688. The van der Waals surface area contributed by atoms with Gasteiger partial charge in [0.1, 0.15) is 0 Å². The summed E-state index contributed by atoms with van der Waals surface area (Å²) in [4.78, 5) is 27.9. The highest BCUT2D eigenvalue weighted by Crippen LogP contribution is 2.30. The van der Waals surface area contributed by atoms with E-state index in [2.05, 4.69) is 0 Å². The van der Waals surface area contributed by atoms with Crippen molar-refractivity contribution in [2.24, 2.45) is 5.92 Å². The molecule has 0 bridgehead atoms. The van der Waals surface area contributed by atoms with Crippen LogP contribution < -0.4 is 0 Å². The second-order valence-corrected chi connectivity index (χ2v) is 6.21. The Kier molecular flexibility index (Phi) is 5.58. The number of amides is 2. The minimum Gasteiger partial charge on any atom is -0.389 e. The fourth-order valence-corrected chi connectivity index (χ4v) is 3.43. The van der Waals surface area contributed by atoms with Gasteiger partial charge in [-0.3, -0.25) is 9.59 Å². The fraction of sp³-hybridized carbons (Fsp3) is 0.867. The zero-order valence-electron chi connectivity index (χ0n) is 13.0. The van der Waals surface area contributed by atoms with Gasteiger partial charge in [0.15, 0.2) is 0 Å². The Bertz CT molecular complexity index is 382. The van der Waals surface area contributed by atoms with E-state index >= 15 is 0 Å². The highest BCUT2D eigenvalue weighted by atomic mass is 16.5. The maximum atomic E-state index is 12.4. The summed E-state index contributed by atoms with van der Waals surface area (Å²) in [6, 6.07) is 0.333. The summed E-state index contributed by atoms with van der Waals surface area (Å²) in [7, 11) is 3.18. The van der Waals surface area contributed by atoms with E-state index in [4.69, 9.17) is 4.74 Å². The molecule has 21 heavy (non-hydrogen) atoms. The number of hydrogen-bond acceptors (Lipinski definition) is 4. The first-order chi connectivity index (χ1) is 10.0. The van der Waals surface area contributed by atoms with Gasteiger partial charge in [-0.25, -0.2) is 0 Å². The van der Waals surface area contributed by atoms with Crippen molar-refractivity contribution in [1.29, 1.82) is 0 Å². The van der Waals surface area contributed by atoms with E-state index in [0.29, 0.717) is 19.0 Å². The monoisotopic (exact) mass is 298 g/mol. The van der Waals surface area contributed by atoms with Crippen LogP contribution in [0.5, 0.6) is 0 Å². The molecule has 1 aliphatic carbocycles. The Labute approximate surface area is 126 Å². The van der Waals surface area contributed by atoms with Crippen molar-refractivity contribution in [1.82, 2.24) is 9.80 Å². The third-order valence-corrected chi connectivity index (χ3v) is 4.49. The quantitative estimate of drug-likeness (QED) is 0.763. The highest BCUT2D eigenvalue weighted by Gasteiger charge is 2.39. The molecule has 0 aromatic rings. The maximum Gasteiger partial charge on any atom is 0.227 e. The van der Waals surface area contributed by atoms with Crippen molar-refractivity contribution in [3.63, 3.8) is 0 Å². The van der Waals surface area contributed by atoms with Crippen LogP contribution in [0.2, 0.25) is 0 Å². The molecule has 1 heterocycles. The number of aliphatic hydroxyl groups is 1. The number of ether oxygens (including phenoxy) is 1. The van der Waals surface area contributed by atoms with Gasteiger partial charge in [0.25, 0.3) is 0 Å². The van der Waals surface area contributed by atoms with Crippen LogP contribution in [0.4, 0.5) is 0 Å². The third-order valence-electron chi connectivity index (χ3n) is 4.49. The zero-order valence-corrected chi connectivity index (χ0v) is 13.0. The predicted molar refractivity (Wildman–Crippen MR) is 77.6 cm³/mol. The van der Waals surface area contributed by atoms with E-state index in [9.17, 15) is 14.7 Å². The van der Waals surface area contributed by atoms with Crippen LogP contribution in [0.3, 0.4) is 0 Å². The summed E-state index contributed by atoms with van der Waals surface area (Å²) in [6.45, 7) is 0.975. The Hall–Kier alpha value is -1.14. The molecule has 0 spiro atoms. The van der Waals surface area contributed by atoms with Gasteiger partial charge < -0.3 is 19.6 Å². The molecule has 2 amide bonds. The minimum absolute atomic E-state index is 0.0565. The molecular formula is C15H26N2O4. The Morgan fingerprint density at radius 3 is 2.76 bits per heavy atom. The predicted octanol–water partition coefficient (Wildman–Crippen LogP) is 0.243. The van der Waals surface area contributed by atoms with Crippen molar-refractivity contribution in [2.45, 2.75) is 44.2 Å². The molecule has 1 N–H and O–H groups in total. The van der Waals surface area contributed by atoms with E-state index in [1.807, 2.05) is 4.90 Å². The average molecular weight is 298 g/mol. The van der Waals surface area contributed by atoms with Gasteiger partial charge in [0, 0.05) is 39.7 Å². The van der Waals surface area contributed by atoms with E-state index < -0.39 is 6.10 Å². The number of carbonyl (C=O) groups excluding carboxylic acids is 2. The first-order valence-electron chi connectivity index (χ1n) is 7.74. The topological polar surface area (TPSA) is 70.1 Å². The molecule has 0 radical (unpaired) electrons. The number of aliphatic hydroxyl groups excluding tert-OH is 1. The maximum absolute atomic E-state index is 12.4. The van der Waals surface area contributed by atoms with Gasteiger partial charge in [0.05, 0.1) is 18.6 Å². The fourth-order valence-electron chi connectivity index (χ4n) is 3.43. The molecule has 6 heteroatoms. The van der Waals surface area contributed by atoms with Gasteiger partial charge in [0.2, 0.25) is 11.8 Å². The zero-order chi connectivity index (χ0) is 15.4. The first-order valence-corrected chi connectivity index (χ1v) is 7.74. The van der Waals surface area contributed by atoms with E-state index in [1.165, 1.54) is 24.9 Å². The highest BCUT2D eigenvalue weighted by molar-refractivity contribution is 5.89. The number of likely N-dealkylation sites (tertiary alicyclic amines) is 1. The van der Waals surface area contributed by atoms with Gasteiger partial charge in [-0.15, -0.1) is 0 Å². The molecule has 6 nitrogen and oxygen atoms in total. The molecule has 2 unspecified atom stereocenters. The van der Waals surface area contributed by atoms with Crippen molar-refractivity contribution in [3.8, 4) is 0 Å². The number of carbonyl (C=O) groups is 2. The van der Waals surface area contributed by atoms with Crippen LogP contribution in [0.25, 0.3) is 0 Å². The average Bonchev–Trinajstić information content (AvgIpc) is 3.06. The lowest BCUT2D eigenvalue weighted by molar-refractivity contribution is -0.136. The second-order valence-electron chi connectivity index (χ2n) is 6.21. The largest absolute Gasteiger partial charge is 0.389 e. The molecule has 1 saturated carbocycles. The molecule has 2 atom stereocenters. The SMILES string of the molecule is COCC(O)CN(C)C(=O)C1CC(=O)N(C2CCCC2)C1. The molecular weight excluding hydrogens is 272 g/mol. The van der Waals surface area contributed by atoms with Crippen LogP contribution in [0.15, 0.2) is 0 Å². The summed E-state index contributed by atoms with van der Waals surface area (Å²) in [5.74, 6) is -0.220. The molecule has 120 valence electrons. The van der Waals surface area contributed by atoms with Crippen LogP contribution in [0, 0.1) is 5.92 Å². The Balaban J connectivity index is 1.87. The normalized spacial score (nSPS) is 24.6. The number of likely N-dealkylation sites (N-methyl/N-ethyl adjacent to an activating group) is 1. The molecule has 2 rings (SSSR count). The lowest BCUT2D eigenvalue weighted by atomic mass is 10.1. The molecule has 2 fully saturated rings. The van der Waals surface area contributed by atoms with Crippen molar-refractivity contribution < 1.29 is 19.4 Å². The lowest BCUT2D eigenvalue weighted by Gasteiger charge is -2.26. The first kappa shape index (κ1) is 16.2. The number of rotatable bonds is 6. The van der Waals surface area contributed by atoms with Crippen molar-refractivity contribution in [3.05, 3.63) is 0 Å². The van der Waals surface area contributed by atoms with Crippen LogP contribution in [0.1, 0.15) is 32.1 Å². The van der Waals surface area contributed by atoms with E-state index in [-0.39, 0.29) is 30.9 Å². The summed E-state index contributed by atoms with van der Waals surface area (Å²) in [5.41, 5.74) is 0. The molecule has 2 aliphatic rings. The van der Waals surface area contributed by atoms with Crippen LogP contribution >= 0.6 is 0 Å².